The molecule has 0 spiro atoms. The molecule has 1 atom stereocenters. The summed E-state index contributed by atoms with van der Waals surface area (Å²) in [5, 5.41) is 2.92. The molecule has 0 heterocycles. The molecule has 3 nitrogen and oxygen atoms in total. The minimum Gasteiger partial charge on any atom is -0.480 e. The van der Waals surface area contributed by atoms with Crippen LogP contribution in [0.15, 0.2) is 42.5 Å². The quantitative estimate of drug-likeness (QED) is 0.718. The highest BCUT2D eigenvalue weighted by molar-refractivity contribution is 5.94. The van der Waals surface area contributed by atoms with Crippen molar-refractivity contribution in [2.24, 2.45) is 0 Å². The van der Waals surface area contributed by atoms with Crippen LogP contribution in [-0.4, -0.2) is 12.0 Å². The average molecular weight is 367 g/mol. The van der Waals surface area contributed by atoms with Crippen molar-refractivity contribution in [2.75, 3.05) is 5.32 Å². The first kappa shape index (κ1) is 21.0. The van der Waals surface area contributed by atoms with Crippen LogP contribution in [0.25, 0.3) is 0 Å². The molecule has 0 aliphatic carbocycles. The summed E-state index contributed by atoms with van der Waals surface area (Å²) in [6, 6.07) is 16.5. The number of hydrogen-bond donors (Lipinski definition) is 1. The standard InChI is InChI=1S/C24H32NO2/c1-8-20(22(26)25-18-12-10-9-11-13-18)27-21-15-14-17(23(2,3)4)16-19(21)24(5,6)7/h10-16,20H,8H2,1-7H3,(H,25,26). The fourth-order valence-electron chi connectivity index (χ4n) is 2.85. The van der Waals surface area contributed by atoms with Crippen molar-refractivity contribution < 1.29 is 9.53 Å². The summed E-state index contributed by atoms with van der Waals surface area (Å²) in [5.41, 5.74) is 3.11. The highest BCUT2D eigenvalue weighted by atomic mass is 16.5. The highest BCUT2D eigenvalue weighted by Gasteiger charge is 2.26. The van der Waals surface area contributed by atoms with Crippen molar-refractivity contribution in [2.45, 2.75) is 71.8 Å². The third-order valence-electron chi connectivity index (χ3n) is 4.57. The molecule has 1 N–H and O–H groups in total. The maximum atomic E-state index is 12.7. The number of carbonyl (C=O) groups excluding carboxylic acids is 1. The molecular weight excluding hydrogens is 334 g/mol. The lowest BCUT2D eigenvalue weighted by atomic mass is 9.80. The van der Waals surface area contributed by atoms with Crippen molar-refractivity contribution >= 4 is 11.6 Å². The summed E-state index contributed by atoms with van der Waals surface area (Å²) in [4.78, 5) is 12.7. The van der Waals surface area contributed by atoms with Crippen LogP contribution in [0, 0.1) is 6.07 Å². The number of carbonyl (C=O) groups is 1. The maximum Gasteiger partial charge on any atom is 0.265 e. The van der Waals surface area contributed by atoms with E-state index >= 15 is 0 Å². The fraction of sp³-hybridized carbons (Fsp3) is 0.458. The first-order valence-corrected chi connectivity index (χ1v) is 9.61. The molecule has 0 aliphatic rings. The van der Waals surface area contributed by atoms with Crippen LogP contribution < -0.4 is 10.1 Å². The maximum absolute atomic E-state index is 12.7. The predicted molar refractivity (Wildman–Crippen MR) is 112 cm³/mol. The Morgan fingerprint density at radius 1 is 1.04 bits per heavy atom. The van der Waals surface area contributed by atoms with Gasteiger partial charge in [-0.25, -0.2) is 0 Å². The summed E-state index contributed by atoms with van der Waals surface area (Å²) in [6.45, 7) is 15.1. The van der Waals surface area contributed by atoms with E-state index in [9.17, 15) is 4.79 Å². The Morgan fingerprint density at radius 2 is 1.67 bits per heavy atom. The van der Waals surface area contributed by atoms with E-state index in [1.807, 2.05) is 25.1 Å². The SMILES string of the molecule is CCC(Oc1ccc(C(C)(C)C)cc1C(C)(C)C)C(=O)Nc1cc[c]cc1. The molecule has 0 saturated carbocycles. The second-order valence-electron chi connectivity index (χ2n) is 9.00. The van der Waals surface area contributed by atoms with Gasteiger partial charge < -0.3 is 10.1 Å². The summed E-state index contributed by atoms with van der Waals surface area (Å²) >= 11 is 0. The minimum absolute atomic E-state index is 0.0599. The Kier molecular flexibility index (Phi) is 6.35. The number of ether oxygens (including phenoxy) is 1. The van der Waals surface area contributed by atoms with Crippen molar-refractivity contribution in [3.8, 4) is 5.75 Å². The summed E-state index contributed by atoms with van der Waals surface area (Å²) in [6.07, 6.45) is 0.0471. The summed E-state index contributed by atoms with van der Waals surface area (Å²) in [5.74, 6) is 0.641. The molecule has 0 bridgehead atoms. The van der Waals surface area contributed by atoms with Crippen molar-refractivity contribution in [1.29, 1.82) is 0 Å². The van der Waals surface area contributed by atoms with Gasteiger partial charge in [0.15, 0.2) is 6.10 Å². The van der Waals surface area contributed by atoms with Crippen LogP contribution in [-0.2, 0) is 15.6 Å². The number of rotatable bonds is 5. The lowest BCUT2D eigenvalue weighted by Crippen LogP contribution is -2.33. The average Bonchev–Trinajstić information content (AvgIpc) is 2.58. The first-order chi connectivity index (χ1) is 12.5. The van der Waals surface area contributed by atoms with Crippen molar-refractivity contribution in [3.05, 3.63) is 59.7 Å². The molecule has 3 heteroatoms. The number of anilines is 1. The largest absolute Gasteiger partial charge is 0.480 e. The van der Waals surface area contributed by atoms with Crippen LogP contribution in [0.1, 0.15) is 66.0 Å². The second kappa shape index (κ2) is 8.16. The predicted octanol–water partition coefficient (Wildman–Crippen LogP) is 5.88. The van der Waals surface area contributed by atoms with E-state index in [1.165, 1.54) is 5.56 Å². The van der Waals surface area contributed by atoms with Gasteiger partial charge in [-0.15, -0.1) is 0 Å². The van der Waals surface area contributed by atoms with E-state index in [0.717, 1.165) is 17.0 Å². The van der Waals surface area contributed by atoms with Gasteiger partial charge in [-0.2, -0.15) is 0 Å². The van der Waals surface area contributed by atoms with E-state index in [0.29, 0.717) is 6.42 Å². The zero-order valence-electron chi connectivity index (χ0n) is 17.6. The first-order valence-electron chi connectivity index (χ1n) is 9.61. The van der Waals surface area contributed by atoms with E-state index in [-0.39, 0.29) is 16.7 Å². The molecule has 2 aromatic carbocycles. The van der Waals surface area contributed by atoms with Gasteiger partial charge in [-0.1, -0.05) is 72.7 Å². The van der Waals surface area contributed by atoms with E-state index in [1.54, 1.807) is 12.1 Å². The molecule has 0 aliphatic heterocycles. The number of nitrogens with one attached hydrogen (secondary N) is 1. The Labute approximate surface area is 164 Å². The Balaban J connectivity index is 2.29. The van der Waals surface area contributed by atoms with Crippen LogP contribution in [0.2, 0.25) is 0 Å². The number of amides is 1. The van der Waals surface area contributed by atoms with Gasteiger partial charge in [-0.3, -0.25) is 4.79 Å². The molecule has 1 unspecified atom stereocenters. The Hall–Kier alpha value is -2.29. The second-order valence-corrected chi connectivity index (χ2v) is 9.00. The summed E-state index contributed by atoms with van der Waals surface area (Å²) in [7, 11) is 0. The normalized spacial score (nSPS) is 13.1. The van der Waals surface area contributed by atoms with Gasteiger partial charge in [0.1, 0.15) is 5.75 Å². The topological polar surface area (TPSA) is 38.3 Å². The molecule has 1 radical (unpaired) electrons. The van der Waals surface area contributed by atoms with Crippen LogP contribution in [0.5, 0.6) is 5.75 Å². The van der Waals surface area contributed by atoms with Gasteiger partial charge >= 0.3 is 0 Å². The van der Waals surface area contributed by atoms with E-state index in [2.05, 4.69) is 65.1 Å². The highest BCUT2D eigenvalue weighted by Crippen LogP contribution is 2.36. The summed E-state index contributed by atoms with van der Waals surface area (Å²) < 4.78 is 6.20. The van der Waals surface area contributed by atoms with Crippen molar-refractivity contribution in [3.63, 3.8) is 0 Å². The molecule has 1 amide bonds. The molecule has 2 aromatic rings. The molecular formula is C24H32NO2. The Morgan fingerprint density at radius 3 is 2.19 bits per heavy atom. The van der Waals surface area contributed by atoms with Gasteiger partial charge in [0.2, 0.25) is 0 Å². The van der Waals surface area contributed by atoms with Crippen LogP contribution in [0.4, 0.5) is 5.69 Å². The third kappa shape index (κ3) is 5.59. The van der Waals surface area contributed by atoms with E-state index < -0.39 is 6.10 Å². The smallest absolute Gasteiger partial charge is 0.265 e. The third-order valence-corrected chi connectivity index (χ3v) is 4.57. The lowest BCUT2D eigenvalue weighted by molar-refractivity contribution is -0.122. The molecule has 0 fully saturated rings. The monoisotopic (exact) mass is 366 g/mol. The Bertz CT molecular complexity index is 767. The molecule has 27 heavy (non-hydrogen) atoms. The molecule has 145 valence electrons. The number of hydrogen-bond acceptors (Lipinski definition) is 2. The minimum atomic E-state index is -0.546. The zero-order chi connectivity index (χ0) is 20.2. The molecule has 2 rings (SSSR count). The van der Waals surface area contributed by atoms with E-state index in [4.69, 9.17) is 4.74 Å². The van der Waals surface area contributed by atoms with Gasteiger partial charge in [0, 0.05) is 5.69 Å². The number of benzene rings is 2. The molecule has 0 aromatic heterocycles. The fourth-order valence-corrected chi connectivity index (χ4v) is 2.85. The van der Waals surface area contributed by atoms with Gasteiger partial charge in [0.05, 0.1) is 0 Å². The molecule has 0 saturated heterocycles. The van der Waals surface area contributed by atoms with Gasteiger partial charge in [-0.05, 0) is 52.6 Å². The van der Waals surface area contributed by atoms with Gasteiger partial charge in [0.25, 0.3) is 5.91 Å². The zero-order valence-corrected chi connectivity index (χ0v) is 17.6. The van der Waals surface area contributed by atoms with Crippen LogP contribution >= 0.6 is 0 Å². The lowest BCUT2D eigenvalue weighted by Gasteiger charge is -2.28. The van der Waals surface area contributed by atoms with Crippen LogP contribution in [0.3, 0.4) is 0 Å². The van der Waals surface area contributed by atoms with Crippen molar-refractivity contribution in [1.82, 2.24) is 0 Å².